The third-order valence-electron chi connectivity index (χ3n) is 2.91. The summed E-state index contributed by atoms with van der Waals surface area (Å²) in [7, 11) is 0. The Labute approximate surface area is 110 Å². The van der Waals surface area contributed by atoms with Crippen LogP contribution in [0.3, 0.4) is 0 Å². The van der Waals surface area contributed by atoms with Crippen molar-refractivity contribution in [2.45, 2.75) is 13.5 Å². The Morgan fingerprint density at radius 2 is 2.21 bits per heavy atom. The van der Waals surface area contributed by atoms with Gasteiger partial charge >= 0.3 is 0 Å². The van der Waals surface area contributed by atoms with Gasteiger partial charge in [-0.3, -0.25) is 4.40 Å². The first kappa shape index (κ1) is 11.5. The molecule has 1 aromatic carbocycles. The maximum Gasteiger partial charge on any atom is 0.203 e. The highest BCUT2D eigenvalue weighted by Gasteiger charge is 2.07. The minimum atomic E-state index is 0.642. The van der Waals surface area contributed by atoms with Gasteiger partial charge in [0.1, 0.15) is 5.82 Å². The average molecular weight is 254 g/mol. The second kappa shape index (κ2) is 4.56. The number of benzene rings is 1. The molecule has 0 aliphatic carbocycles. The van der Waals surface area contributed by atoms with E-state index in [1.165, 1.54) is 0 Å². The topological polar surface area (TPSA) is 81.1 Å². The van der Waals surface area contributed by atoms with Gasteiger partial charge in [-0.05, 0) is 24.6 Å². The number of nitrogens with zero attached hydrogens (tertiary/aromatic N) is 4. The smallest absolute Gasteiger partial charge is 0.203 e. The van der Waals surface area contributed by atoms with E-state index < -0.39 is 0 Å². The van der Waals surface area contributed by atoms with Crippen LogP contribution in [0, 0.1) is 6.92 Å². The van der Waals surface area contributed by atoms with E-state index in [0.717, 1.165) is 22.7 Å². The van der Waals surface area contributed by atoms with Crippen molar-refractivity contribution in [2.24, 2.45) is 0 Å². The van der Waals surface area contributed by atoms with Gasteiger partial charge in [-0.1, -0.05) is 12.1 Å². The van der Waals surface area contributed by atoms with Crippen molar-refractivity contribution in [3.05, 3.63) is 48.0 Å². The van der Waals surface area contributed by atoms with Crippen LogP contribution in [0.4, 0.5) is 11.5 Å². The van der Waals surface area contributed by atoms with Crippen LogP contribution in [0.25, 0.3) is 5.65 Å². The maximum atomic E-state index is 5.75. The number of hydrogen-bond donors (Lipinski definition) is 2. The molecule has 19 heavy (non-hydrogen) atoms. The van der Waals surface area contributed by atoms with Gasteiger partial charge < -0.3 is 11.1 Å². The van der Waals surface area contributed by atoms with Crippen LogP contribution in [-0.4, -0.2) is 19.6 Å². The number of hydrogen-bond acceptors (Lipinski definition) is 5. The number of nitrogens with one attached hydrogen (secondary N) is 1. The van der Waals surface area contributed by atoms with Crippen molar-refractivity contribution in [1.82, 2.24) is 19.6 Å². The second-order valence-corrected chi connectivity index (χ2v) is 4.32. The number of rotatable bonds is 3. The fraction of sp³-hybridized carbons (Fsp3) is 0.154. The lowest BCUT2D eigenvalue weighted by Gasteiger charge is -2.07. The summed E-state index contributed by atoms with van der Waals surface area (Å²) in [5.41, 5.74) is 8.33. The van der Waals surface area contributed by atoms with Crippen molar-refractivity contribution in [1.29, 1.82) is 0 Å². The molecule has 3 rings (SSSR count). The average Bonchev–Trinajstić information content (AvgIpc) is 2.79. The number of fused-ring (bicyclic) bond motifs is 1. The number of nitrogen functional groups attached to an aromatic ring is 1. The third-order valence-corrected chi connectivity index (χ3v) is 2.91. The van der Waals surface area contributed by atoms with Crippen LogP contribution < -0.4 is 11.1 Å². The molecule has 0 amide bonds. The first-order chi connectivity index (χ1) is 9.24. The molecule has 2 aromatic heterocycles. The molecule has 0 bridgehead atoms. The number of aryl methyl sites for hydroxylation is 1. The van der Waals surface area contributed by atoms with E-state index in [4.69, 9.17) is 5.73 Å². The lowest BCUT2D eigenvalue weighted by molar-refractivity contribution is 1.000. The standard InChI is InChI=1S/C13H14N6/c1-9-17-18-13-12(15-5-6-19(9)13)16-8-10-3-2-4-11(14)7-10/h2-7H,8,14H2,1H3,(H,15,16). The molecular weight excluding hydrogens is 240 g/mol. The fourth-order valence-corrected chi connectivity index (χ4v) is 1.96. The van der Waals surface area contributed by atoms with Gasteiger partial charge in [0.15, 0.2) is 5.82 Å². The lowest BCUT2D eigenvalue weighted by Crippen LogP contribution is -2.04. The van der Waals surface area contributed by atoms with Crippen molar-refractivity contribution >= 4 is 17.2 Å². The molecule has 0 saturated heterocycles. The Morgan fingerprint density at radius 3 is 3.05 bits per heavy atom. The van der Waals surface area contributed by atoms with Crippen LogP contribution in [0.2, 0.25) is 0 Å². The van der Waals surface area contributed by atoms with Crippen LogP contribution in [0.1, 0.15) is 11.4 Å². The van der Waals surface area contributed by atoms with Crippen LogP contribution in [-0.2, 0) is 6.54 Å². The molecule has 3 aromatic rings. The third kappa shape index (κ3) is 2.20. The predicted molar refractivity (Wildman–Crippen MR) is 73.7 cm³/mol. The Morgan fingerprint density at radius 1 is 1.32 bits per heavy atom. The quantitative estimate of drug-likeness (QED) is 0.694. The van der Waals surface area contributed by atoms with E-state index in [9.17, 15) is 0 Å². The van der Waals surface area contributed by atoms with E-state index in [-0.39, 0.29) is 0 Å². The van der Waals surface area contributed by atoms with E-state index in [1.807, 2.05) is 41.8 Å². The Hall–Kier alpha value is -2.63. The van der Waals surface area contributed by atoms with Crippen molar-refractivity contribution < 1.29 is 0 Å². The zero-order valence-corrected chi connectivity index (χ0v) is 10.5. The van der Waals surface area contributed by atoms with Crippen molar-refractivity contribution in [3.8, 4) is 0 Å². The number of nitrogens with two attached hydrogens (primary N) is 1. The Balaban J connectivity index is 1.86. The number of aromatic nitrogens is 4. The van der Waals surface area contributed by atoms with Gasteiger partial charge in [0, 0.05) is 24.6 Å². The molecule has 0 unspecified atom stereocenters. The summed E-state index contributed by atoms with van der Waals surface area (Å²) in [6.07, 6.45) is 3.57. The first-order valence-corrected chi connectivity index (χ1v) is 5.98. The molecule has 0 radical (unpaired) electrons. The summed E-state index contributed by atoms with van der Waals surface area (Å²) >= 11 is 0. The van der Waals surface area contributed by atoms with Crippen LogP contribution >= 0.6 is 0 Å². The number of anilines is 2. The Kier molecular flexibility index (Phi) is 2.75. The first-order valence-electron chi connectivity index (χ1n) is 5.98. The molecule has 0 aliphatic rings. The lowest BCUT2D eigenvalue weighted by atomic mass is 10.2. The molecule has 0 saturated carbocycles. The maximum absolute atomic E-state index is 5.75. The van der Waals surface area contributed by atoms with Gasteiger partial charge in [-0.2, -0.15) is 0 Å². The van der Waals surface area contributed by atoms with Crippen molar-refractivity contribution in [2.75, 3.05) is 11.1 Å². The second-order valence-electron chi connectivity index (χ2n) is 4.32. The monoisotopic (exact) mass is 254 g/mol. The van der Waals surface area contributed by atoms with E-state index in [2.05, 4.69) is 20.5 Å². The minimum absolute atomic E-state index is 0.642. The van der Waals surface area contributed by atoms with Gasteiger partial charge in [0.05, 0.1) is 0 Å². The molecule has 0 spiro atoms. The van der Waals surface area contributed by atoms with Crippen molar-refractivity contribution in [3.63, 3.8) is 0 Å². The molecule has 2 heterocycles. The summed E-state index contributed by atoms with van der Waals surface area (Å²) in [6.45, 7) is 2.55. The molecule has 0 fully saturated rings. The largest absolute Gasteiger partial charge is 0.399 e. The highest BCUT2D eigenvalue weighted by atomic mass is 15.3. The van der Waals surface area contributed by atoms with Gasteiger partial charge in [-0.15, -0.1) is 10.2 Å². The summed E-state index contributed by atoms with van der Waals surface area (Å²) < 4.78 is 1.90. The fourth-order valence-electron chi connectivity index (χ4n) is 1.96. The highest BCUT2D eigenvalue weighted by molar-refractivity contribution is 5.62. The molecular formula is C13H14N6. The van der Waals surface area contributed by atoms with Crippen LogP contribution in [0.5, 0.6) is 0 Å². The molecule has 0 aliphatic heterocycles. The molecule has 6 nitrogen and oxygen atoms in total. The van der Waals surface area contributed by atoms with E-state index in [1.54, 1.807) is 6.20 Å². The summed E-state index contributed by atoms with van der Waals surface area (Å²) in [5.74, 6) is 1.55. The van der Waals surface area contributed by atoms with Crippen LogP contribution in [0.15, 0.2) is 36.7 Å². The van der Waals surface area contributed by atoms with E-state index in [0.29, 0.717) is 12.4 Å². The highest BCUT2D eigenvalue weighted by Crippen LogP contribution is 2.14. The Bertz CT molecular complexity index is 718. The molecule has 3 N–H and O–H groups in total. The normalized spacial score (nSPS) is 10.8. The summed E-state index contributed by atoms with van der Waals surface area (Å²) in [4.78, 5) is 4.29. The summed E-state index contributed by atoms with van der Waals surface area (Å²) in [5, 5.41) is 11.4. The summed E-state index contributed by atoms with van der Waals surface area (Å²) in [6, 6.07) is 7.74. The predicted octanol–water partition coefficient (Wildman–Crippen LogP) is 1.63. The zero-order valence-electron chi connectivity index (χ0n) is 10.5. The SMILES string of the molecule is Cc1nnc2c(NCc3cccc(N)c3)nccn12. The van der Waals surface area contributed by atoms with Gasteiger partial charge in [0.2, 0.25) is 5.65 Å². The minimum Gasteiger partial charge on any atom is -0.399 e. The molecule has 0 atom stereocenters. The van der Waals surface area contributed by atoms with Gasteiger partial charge in [-0.25, -0.2) is 4.98 Å². The molecule has 96 valence electrons. The van der Waals surface area contributed by atoms with Gasteiger partial charge in [0.25, 0.3) is 0 Å². The molecule has 6 heteroatoms. The van der Waals surface area contributed by atoms with E-state index >= 15 is 0 Å². The zero-order chi connectivity index (χ0) is 13.2.